The highest BCUT2D eigenvalue weighted by atomic mass is 32.1. The molecule has 0 unspecified atom stereocenters. The average molecular weight is 276 g/mol. The van der Waals surface area contributed by atoms with Crippen molar-refractivity contribution in [1.29, 1.82) is 0 Å². The van der Waals surface area contributed by atoms with Crippen molar-refractivity contribution in [2.75, 3.05) is 7.11 Å². The van der Waals surface area contributed by atoms with E-state index in [1.807, 2.05) is 24.3 Å². The first kappa shape index (κ1) is 14.0. The molecular weight excluding hydrogens is 256 g/mol. The average Bonchev–Trinajstić information content (AvgIpc) is 2.82. The summed E-state index contributed by atoms with van der Waals surface area (Å²) in [5.41, 5.74) is 7.97. The summed E-state index contributed by atoms with van der Waals surface area (Å²) in [6, 6.07) is 7.95. The molecule has 0 radical (unpaired) electrons. The predicted molar refractivity (Wildman–Crippen MR) is 80.7 cm³/mol. The summed E-state index contributed by atoms with van der Waals surface area (Å²) in [5, 5.41) is 0.975. The normalized spacial score (nSPS) is 11.6. The van der Waals surface area contributed by atoms with Crippen molar-refractivity contribution in [2.24, 2.45) is 5.73 Å². The molecule has 102 valence electrons. The standard InChI is InChI=1S/C15H20N2OS/c1-15(2,3)13-12(9-16)19-14(17-13)10-7-5-6-8-11(10)18-4/h5-8H,9,16H2,1-4H3. The van der Waals surface area contributed by atoms with E-state index in [-0.39, 0.29) is 5.41 Å². The summed E-state index contributed by atoms with van der Waals surface area (Å²) in [5.74, 6) is 0.847. The van der Waals surface area contributed by atoms with E-state index in [9.17, 15) is 0 Å². The Bertz CT molecular complexity index is 570. The quantitative estimate of drug-likeness (QED) is 0.932. The van der Waals surface area contributed by atoms with Gasteiger partial charge in [0.05, 0.1) is 18.4 Å². The third-order valence-corrected chi connectivity index (χ3v) is 4.04. The zero-order valence-electron chi connectivity index (χ0n) is 11.9. The Morgan fingerprint density at radius 3 is 2.47 bits per heavy atom. The number of aromatic nitrogens is 1. The summed E-state index contributed by atoms with van der Waals surface area (Å²) >= 11 is 1.65. The van der Waals surface area contributed by atoms with Crippen LogP contribution in [0.5, 0.6) is 5.75 Å². The van der Waals surface area contributed by atoms with Gasteiger partial charge in [0.2, 0.25) is 0 Å². The van der Waals surface area contributed by atoms with Crippen LogP contribution in [0.4, 0.5) is 0 Å². The number of benzene rings is 1. The minimum absolute atomic E-state index is 0.00543. The van der Waals surface area contributed by atoms with Gasteiger partial charge in [-0.1, -0.05) is 32.9 Å². The molecular formula is C15H20N2OS. The number of methoxy groups -OCH3 is 1. The molecule has 4 heteroatoms. The summed E-state index contributed by atoms with van der Waals surface area (Å²) in [4.78, 5) is 5.94. The van der Waals surface area contributed by atoms with Crippen LogP contribution >= 0.6 is 11.3 Å². The van der Waals surface area contributed by atoms with E-state index < -0.39 is 0 Å². The van der Waals surface area contributed by atoms with Gasteiger partial charge in [-0.15, -0.1) is 11.3 Å². The van der Waals surface area contributed by atoms with Crippen molar-refractivity contribution in [3.63, 3.8) is 0 Å². The van der Waals surface area contributed by atoms with Crippen LogP contribution in [0, 0.1) is 0 Å². The summed E-state index contributed by atoms with van der Waals surface area (Å²) < 4.78 is 5.40. The van der Waals surface area contributed by atoms with Crippen molar-refractivity contribution in [1.82, 2.24) is 4.98 Å². The molecule has 0 bridgehead atoms. The fraction of sp³-hybridized carbons (Fsp3) is 0.400. The van der Waals surface area contributed by atoms with Crippen molar-refractivity contribution in [2.45, 2.75) is 32.7 Å². The molecule has 19 heavy (non-hydrogen) atoms. The van der Waals surface area contributed by atoms with E-state index in [0.717, 1.165) is 26.9 Å². The first-order valence-electron chi connectivity index (χ1n) is 6.31. The first-order valence-corrected chi connectivity index (χ1v) is 7.12. The van der Waals surface area contributed by atoms with Gasteiger partial charge in [-0.25, -0.2) is 4.98 Å². The largest absolute Gasteiger partial charge is 0.496 e. The van der Waals surface area contributed by atoms with Gasteiger partial charge < -0.3 is 10.5 Å². The highest BCUT2D eigenvalue weighted by Gasteiger charge is 2.23. The molecule has 0 atom stereocenters. The van der Waals surface area contributed by atoms with Gasteiger partial charge in [-0.2, -0.15) is 0 Å². The molecule has 0 aliphatic heterocycles. The number of rotatable bonds is 3. The minimum atomic E-state index is 0.00543. The lowest BCUT2D eigenvalue weighted by Gasteiger charge is -2.16. The Morgan fingerprint density at radius 1 is 1.26 bits per heavy atom. The molecule has 2 aromatic rings. The summed E-state index contributed by atoms with van der Waals surface area (Å²) in [6.45, 7) is 7.01. The zero-order valence-corrected chi connectivity index (χ0v) is 12.7. The zero-order chi connectivity index (χ0) is 14.0. The van der Waals surface area contributed by atoms with E-state index in [1.54, 1.807) is 18.4 Å². The lowest BCUT2D eigenvalue weighted by Crippen LogP contribution is -2.15. The SMILES string of the molecule is COc1ccccc1-c1nc(C(C)(C)C)c(CN)s1. The number of ether oxygens (including phenoxy) is 1. The highest BCUT2D eigenvalue weighted by molar-refractivity contribution is 7.15. The molecule has 0 spiro atoms. The fourth-order valence-electron chi connectivity index (χ4n) is 2.01. The number of thiazole rings is 1. The number of hydrogen-bond donors (Lipinski definition) is 1. The van der Waals surface area contributed by atoms with Crippen LogP contribution in [0.1, 0.15) is 31.3 Å². The van der Waals surface area contributed by atoms with Gasteiger partial charge in [0.1, 0.15) is 10.8 Å². The molecule has 0 aliphatic carbocycles. The van der Waals surface area contributed by atoms with Gasteiger partial charge in [0, 0.05) is 16.8 Å². The molecule has 3 nitrogen and oxygen atoms in total. The van der Waals surface area contributed by atoms with Crippen molar-refractivity contribution >= 4 is 11.3 Å². The number of para-hydroxylation sites is 1. The molecule has 1 aromatic heterocycles. The highest BCUT2D eigenvalue weighted by Crippen LogP contribution is 2.37. The van der Waals surface area contributed by atoms with Crippen LogP contribution in [0.3, 0.4) is 0 Å². The lowest BCUT2D eigenvalue weighted by atomic mass is 9.91. The second-order valence-corrected chi connectivity index (χ2v) is 6.53. The topological polar surface area (TPSA) is 48.1 Å². The summed E-state index contributed by atoms with van der Waals surface area (Å²) in [6.07, 6.45) is 0. The van der Waals surface area contributed by atoms with E-state index >= 15 is 0 Å². The number of hydrogen-bond acceptors (Lipinski definition) is 4. The van der Waals surface area contributed by atoms with Crippen LogP contribution in [-0.4, -0.2) is 12.1 Å². The Kier molecular flexibility index (Phi) is 3.92. The van der Waals surface area contributed by atoms with Crippen molar-refractivity contribution in [3.8, 4) is 16.3 Å². The third-order valence-electron chi connectivity index (χ3n) is 2.93. The Hall–Kier alpha value is -1.39. The lowest BCUT2D eigenvalue weighted by molar-refractivity contribution is 0.416. The maximum Gasteiger partial charge on any atom is 0.129 e. The van der Waals surface area contributed by atoms with E-state index in [2.05, 4.69) is 20.8 Å². The Morgan fingerprint density at radius 2 is 1.95 bits per heavy atom. The van der Waals surface area contributed by atoms with Crippen LogP contribution in [0.2, 0.25) is 0 Å². The second kappa shape index (κ2) is 5.31. The van der Waals surface area contributed by atoms with Gasteiger partial charge in [-0.05, 0) is 12.1 Å². The molecule has 2 rings (SSSR count). The molecule has 0 amide bonds. The van der Waals surface area contributed by atoms with Crippen LogP contribution in [-0.2, 0) is 12.0 Å². The number of nitrogens with zero attached hydrogens (tertiary/aromatic N) is 1. The van der Waals surface area contributed by atoms with Crippen LogP contribution in [0.15, 0.2) is 24.3 Å². The Labute approximate surface area is 118 Å². The van der Waals surface area contributed by atoms with E-state index in [1.165, 1.54) is 0 Å². The maximum absolute atomic E-state index is 5.85. The molecule has 1 heterocycles. The molecule has 1 aromatic carbocycles. The van der Waals surface area contributed by atoms with Gasteiger partial charge in [0.25, 0.3) is 0 Å². The number of nitrogens with two attached hydrogens (primary N) is 1. The maximum atomic E-state index is 5.85. The van der Waals surface area contributed by atoms with Gasteiger partial charge >= 0.3 is 0 Å². The first-order chi connectivity index (χ1) is 8.97. The van der Waals surface area contributed by atoms with Gasteiger partial charge in [0.15, 0.2) is 0 Å². The molecule has 2 N–H and O–H groups in total. The smallest absolute Gasteiger partial charge is 0.129 e. The van der Waals surface area contributed by atoms with E-state index in [4.69, 9.17) is 15.5 Å². The molecule has 0 saturated carbocycles. The second-order valence-electron chi connectivity index (χ2n) is 5.45. The predicted octanol–water partition coefficient (Wildman–Crippen LogP) is 3.57. The molecule has 0 saturated heterocycles. The molecule has 0 fully saturated rings. The van der Waals surface area contributed by atoms with E-state index in [0.29, 0.717) is 6.54 Å². The van der Waals surface area contributed by atoms with Crippen LogP contribution < -0.4 is 10.5 Å². The summed E-state index contributed by atoms with van der Waals surface area (Å²) in [7, 11) is 1.68. The minimum Gasteiger partial charge on any atom is -0.496 e. The Balaban J connectivity index is 2.55. The van der Waals surface area contributed by atoms with Crippen LogP contribution in [0.25, 0.3) is 10.6 Å². The van der Waals surface area contributed by atoms with Crippen molar-refractivity contribution < 1.29 is 4.74 Å². The monoisotopic (exact) mass is 276 g/mol. The molecule has 0 aliphatic rings. The van der Waals surface area contributed by atoms with Crippen molar-refractivity contribution in [3.05, 3.63) is 34.8 Å². The van der Waals surface area contributed by atoms with Gasteiger partial charge in [-0.3, -0.25) is 0 Å². The fourth-order valence-corrected chi connectivity index (χ4v) is 3.19. The third kappa shape index (κ3) is 2.80.